The van der Waals surface area contributed by atoms with Crippen LogP contribution in [-0.2, 0) is 14.6 Å². The predicted octanol–water partition coefficient (Wildman–Crippen LogP) is -0.651. The van der Waals surface area contributed by atoms with Crippen LogP contribution in [0.15, 0.2) is 30.3 Å². The normalized spacial score (nSPS) is 9.40. The molecule has 0 bridgehead atoms. The minimum absolute atomic E-state index is 0. The second-order valence-corrected chi connectivity index (χ2v) is 3.19. The molecule has 8 heteroatoms. The van der Waals surface area contributed by atoms with Crippen molar-refractivity contribution in [2.75, 3.05) is 0 Å². The van der Waals surface area contributed by atoms with E-state index in [2.05, 4.69) is 4.18 Å². The molecule has 1 aromatic rings. The molecule has 0 saturated carbocycles. The Bertz CT molecular complexity index is 405. The Balaban J connectivity index is 0. The number of hydrogen-bond donors (Lipinski definition) is 1. The quantitative estimate of drug-likeness (QED) is 0.543. The Kier molecular flexibility index (Phi) is 8.76. The first-order chi connectivity index (χ1) is 5.99. The molecule has 0 aliphatic heterocycles. The van der Waals surface area contributed by atoms with Crippen molar-refractivity contribution >= 4 is 64.8 Å². The van der Waals surface area contributed by atoms with Gasteiger partial charge in [0, 0.05) is 0 Å². The van der Waals surface area contributed by atoms with Crippen molar-refractivity contribution in [3.05, 3.63) is 35.9 Å². The van der Waals surface area contributed by atoms with E-state index in [1.54, 1.807) is 18.2 Å². The molecule has 0 saturated heterocycles. The van der Waals surface area contributed by atoms with Gasteiger partial charge in [0.15, 0.2) is 0 Å². The molecule has 0 spiro atoms. The molecule has 0 fully saturated rings. The molecule has 1 N–H and O–H groups in total. The van der Waals surface area contributed by atoms with Crippen molar-refractivity contribution < 1.29 is 21.9 Å². The van der Waals surface area contributed by atoms with Crippen molar-refractivity contribution in [2.45, 2.75) is 0 Å². The molecular weight excluding hydrogens is 226 g/mol. The van der Waals surface area contributed by atoms with Crippen LogP contribution in [0.1, 0.15) is 10.4 Å². The van der Waals surface area contributed by atoms with Gasteiger partial charge in [-0.05, 0) is 12.1 Å². The van der Waals surface area contributed by atoms with E-state index in [0.717, 1.165) is 0 Å². The van der Waals surface area contributed by atoms with Crippen LogP contribution in [0.4, 0.5) is 0 Å². The van der Waals surface area contributed by atoms with E-state index in [1.165, 1.54) is 12.1 Å². The summed E-state index contributed by atoms with van der Waals surface area (Å²) < 4.78 is 32.1. The summed E-state index contributed by atoms with van der Waals surface area (Å²) in [6, 6.07) is 7.48. The first-order valence-electron chi connectivity index (χ1n) is 3.25. The molecule has 0 heterocycles. The fourth-order valence-electron chi connectivity index (χ4n) is 0.718. The van der Waals surface area contributed by atoms with Crippen LogP contribution in [0, 0.1) is 0 Å². The van der Waals surface area contributed by atoms with Gasteiger partial charge in [-0.15, -0.1) is 0 Å². The van der Waals surface area contributed by atoms with E-state index < -0.39 is 16.4 Å². The number of rotatable bonds is 2. The Labute approximate surface area is 122 Å². The first-order valence-corrected chi connectivity index (χ1v) is 4.62. The molecule has 0 radical (unpaired) electrons. The van der Waals surface area contributed by atoms with Crippen LogP contribution in [0.5, 0.6) is 0 Å². The van der Waals surface area contributed by atoms with Crippen molar-refractivity contribution in [2.24, 2.45) is 0 Å². The zero-order chi connectivity index (χ0) is 9.90. The molecule has 74 valence electrons. The monoisotopic (exact) mass is 234 g/mol. The van der Waals surface area contributed by atoms with Crippen molar-refractivity contribution in [1.29, 1.82) is 0 Å². The van der Waals surface area contributed by atoms with Gasteiger partial charge in [-0.2, -0.15) is 8.42 Å². The Morgan fingerprint density at radius 3 is 2.07 bits per heavy atom. The summed E-state index contributed by atoms with van der Waals surface area (Å²) in [5.41, 5.74) is 0.0557. The van der Waals surface area contributed by atoms with E-state index >= 15 is 0 Å². The molecule has 0 aliphatic carbocycles. The molecule has 5 nitrogen and oxygen atoms in total. The van der Waals surface area contributed by atoms with Crippen LogP contribution < -0.4 is 0 Å². The molecule has 1 rings (SSSR count). The maximum absolute atomic E-state index is 10.9. The van der Waals surface area contributed by atoms with Gasteiger partial charge in [0.05, 0.1) is 5.56 Å². The van der Waals surface area contributed by atoms with Gasteiger partial charge in [-0.1, -0.05) is 18.2 Å². The van der Waals surface area contributed by atoms with Crippen LogP contribution in [0.25, 0.3) is 0 Å². The van der Waals surface area contributed by atoms with Crippen LogP contribution in [0.2, 0.25) is 0 Å². The van der Waals surface area contributed by atoms with Crippen LogP contribution >= 0.6 is 0 Å². The van der Waals surface area contributed by atoms with Crippen LogP contribution in [-0.4, -0.2) is 67.4 Å². The Morgan fingerprint density at radius 2 is 1.67 bits per heavy atom. The van der Waals surface area contributed by atoms with Gasteiger partial charge in [0.2, 0.25) is 0 Å². The zero-order valence-electron chi connectivity index (χ0n) is 6.38. The topological polar surface area (TPSA) is 80.7 Å². The number of hydrogen-bond acceptors (Lipinski definition) is 4. The Morgan fingerprint density at radius 1 is 1.20 bits per heavy atom. The summed E-state index contributed by atoms with van der Waals surface area (Å²) in [7, 11) is -4.72. The van der Waals surface area contributed by atoms with E-state index in [0.29, 0.717) is 0 Å². The second-order valence-electron chi connectivity index (χ2n) is 2.16. The van der Waals surface area contributed by atoms with E-state index in [9.17, 15) is 13.2 Å². The van der Waals surface area contributed by atoms with Gasteiger partial charge in [-0.25, -0.2) is 4.79 Å². The predicted molar refractivity (Wildman–Crippen MR) is 57.7 cm³/mol. The van der Waals surface area contributed by atoms with Gasteiger partial charge in [-0.3, -0.25) is 4.55 Å². The summed E-state index contributed by atoms with van der Waals surface area (Å²) >= 11 is 0. The molecular formula is C7H8LiNaO5S. The fraction of sp³-hybridized carbons (Fsp3) is 0. The average molecular weight is 234 g/mol. The van der Waals surface area contributed by atoms with Crippen molar-refractivity contribution in [1.82, 2.24) is 0 Å². The zero-order valence-corrected chi connectivity index (χ0v) is 7.19. The summed E-state index contributed by atoms with van der Waals surface area (Å²) in [4.78, 5) is 10.9. The standard InChI is InChI=1S/C7H6O5S.Li.Na.2H/c8-7(12-13(9,10)11)6-4-2-1-3-5-6;;;;/h1-5H,(H,9,10,11);;;;. The van der Waals surface area contributed by atoms with Gasteiger partial charge >= 0.3 is 64.8 Å². The third-order valence-corrected chi connectivity index (χ3v) is 1.55. The van der Waals surface area contributed by atoms with E-state index in [-0.39, 0.29) is 54.0 Å². The third-order valence-electron chi connectivity index (χ3n) is 1.19. The van der Waals surface area contributed by atoms with Crippen molar-refractivity contribution in [3.8, 4) is 0 Å². The molecule has 0 aliphatic rings. The summed E-state index contributed by atoms with van der Waals surface area (Å²) in [6.07, 6.45) is 0. The second kappa shape index (κ2) is 7.47. The van der Waals surface area contributed by atoms with E-state index in [4.69, 9.17) is 4.55 Å². The maximum atomic E-state index is 10.9. The molecule has 15 heavy (non-hydrogen) atoms. The summed E-state index contributed by atoms with van der Waals surface area (Å²) in [5, 5.41) is 0. The molecule has 0 unspecified atom stereocenters. The van der Waals surface area contributed by atoms with Crippen LogP contribution in [0.3, 0.4) is 0 Å². The molecule has 0 atom stereocenters. The fourth-order valence-corrected chi connectivity index (χ4v) is 1.01. The first kappa shape index (κ1) is 17.6. The third kappa shape index (κ3) is 7.14. The number of carbonyl (C=O) groups excluding carboxylic acids is 1. The average Bonchev–Trinajstić information content (AvgIpc) is 2.03. The summed E-state index contributed by atoms with van der Waals surface area (Å²) in [6.45, 7) is 0. The Hall–Kier alpha value is 0.197. The molecule has 1 aromatic carbocycles. The number of benzene rings is 1. The van der Waals surface area contributed by atoms with Gasteiger partial charge < -0.3 is 4.18 Å². The van der Waals surface area contributed by atoms with E-state index in [1.807, 2.05) is 0 Å². The van der Waals surface area contributed by atoms with Gasteiger partial charge in [0.1, 0.15) is 0 Å². The number of carbonyl (C=O) groups is 1. The van der Waals surface area contributed by atoms with Gasteiger partial charge in [0.25, 0.3) is 0 Å². The minimum atomic E-state index is -4.72. The summed E-state index contributed by atoms with van der Waals surface area (Å²) in [5.74, 6) is -1.11. The SMILES string of the molecule is O=C(OS(=O)(=O)O)c1ccccc1.[LiH].[NaH]. The van der Waals surface area contributed by atoms with Crippen molar-refractivity contribution in [3.63, 3.8) is 0 Å². The molecule has 0 aromatic heterocycles. The molecule has 0 amide bonds.